The molecule has 0 heterocycles. The number of nitrogens with one attached hydrogen (secondary N) is 1. The zero-order valence-corrected chi connectivity index (χ0v) is 13.1. The minimum atomic E-state index is 0.429. The second-order valence-electron chi connectivity index (χ2n) is 5.08. The lowest BCUT2D eigenvalue weighted by Gasteiger charge is -2.14. The average molecular weight is 327 g/mol. The van der Waals surface area contributed by atoms with Gasteiger partial charge in [-0.05, 0) is 36.1 Å². The molecule has 0 amide bonds. The Bertz CT molecular complexity index is 615. The molecule has 2 aromatic rings. The largest absolute Gasteiger partial charge is 0.309 e. The summed E-state index contributed by atoms with van der Waals surface area (Å²) < 4.78 is 0. The molecule has 1 N–H and O–H groups in total. The molecule has 0 bridgehead atoms. The molecule has 0 aliphatic heterocycles. The molecular formula is C16H14Cl3N. The number of hydrogen-bond donors (Lipinski definition) is 1. The maximum atomic E-state index is 6.22. The lowest BCUT2D eigenvalue weighted by molar-refractivity contribution is 0.533. The molecule has 0 radical (unpaired) electrons. The van der Waals surface area contributed by atoms with Gasteiger partial charge in [0.1, 0.15) is 0 Å². The lowest BCUT2D eigenvalue weighted by Crippen LogP contribution is -2.29. The van der Waals surface area contributed by atoms with Gasteiger partial charge < -0.3 is 5.32 Å². The molecule has 4 heteroatoms. The highest BCUT2D eigenvalue weighted by Crippen LogP contribution is 2.31. The quantitative estimate of drug-likeness (QED) is 0.791. The van der Waals surface area contributed by atoms with E-state index < -0.39 is 0 Å². The minimum absolute atomic E-state index is 0.429. The Morgan fingerprint density at radius 3 is 2.15 bits per heavy atom. The molecule has 0 saturated carbocycles. The zero-order valence-electron chi connectivity index (χ0n) is 10.8. The van der Waals surface area contributed by atoms with Crippen LogP contribution in [-0.2, 0) is 19.4 Å². The fraction of sp³-hybridized carbons (Fsp3) is 0.250. The summed E-state index contributed by atoms with van der Waals surface area (Å²) in [5.74, 6) is 0. The summed E-state index contributed by atoms with van der Waals surface area (Å²) in [6, 6.07) is 12.5. The summed E-state index contributed by atoms with van der Waals surface area (Å²) in [5, 5.41) is 5.27. The Morgan fingerprint density at radius 1 is 0.900 bits per heavy atom. The molecule has 0 atom stereocenters. The Balaban J connectivity index is 1.69. The number of rotatable bonds is 3. The first-order valence-corrected chi connectivity index (χ1v) is 7.71. The molecule has 0 spiro atoms. The molecule has 0 saturated heterocycles. The Morgan fingerprint density at radius 2 is 1.50 bits per heavy atom. The van der Waals surface area contributed by atoms with E-state index in [-0.39, 0.29) is 0 Å². The SMILES string of the molecule is Clc1ccc(Cl)c(CNC2Cc3ccccc3C2)c1Cl. The molecule has 3 rings (SSSR count). The topological polar surface area (TPSA) is 12.0 Å². The van der Waals surface area contributed by atoms with E-state index in [1.165, 1.54) is 11.1 Å². The van der Waals surface area contributed by atoms with Crippen molar-refractivity contribution < 1.29 is 0 Å². The van der Waals surface area contributed by atoms with Gasteiger partial charge in [-0.3, -0.25) is 0 Å². The second kappa shape index (κ2) is 5.95. The van der Waals surface area contributed by atoms with Crippen LogP contribution in [0.5, 0.6) is 0 Å². The van der Waals surface area contributed by atoms with Crippen LogP contribution in [0.25, 0.3) is 0 Å². The highest BCUT2D eigenvalue weighted by atomic mass is 35.5. The standard InChI is InChI=1S/C16H14Cl3N/c17-14-5-6-15(18)16(19)13(14)9-20-12-7-10-3-1-2-4-11(10)8-12/h1-6,12,20H,7-9H2. The summed E-state index contributed by atoms with van der Waals surface area (Å²) in [6.45, 7) is 0.636. The van der Waals surface area contributed by atoms with E-state index in [1.807, 2.05) is 0 Å². The fourth-order valence-corrected chi connectivity index (χ4v) is 3.36. The summed E-state index contributed by atoms with van der Waals surface area (Å²) in [4.78, 5) is 0. The van der Waals surface area contributed by atoms with Crippen molar-refractivity contribution in [1.82, 2.24) is 5.32 Å². The predicted molar refractivity (Wildman–Crippen MR) is 85.9 cm³/mol. The van der Waals surface area contributed by atoms with Gasteiger partial charge in [-0.1, -0.05) is 59.1 Å². The number of fused-ring (bicyclic) bond motifs is 1. The van der Waals surface area contributed by atoms with Gasteiger partial charge in [-0.15, -0.1) is 0 Å². The van der Waals surface area contributed by atoms with Crippen LogP contribution in [0, 0.1) is 0 Å². The van der Waals surface area contributed by atoms with Gasteiger partial charge >= 0.3 is 0 Å². The van der Waals surface area contributed by atoms with Crippen LogP contribution in [0.2, 0.25) is 15.1 Å². The molecule has 0 unspecified atom stereocenters. The van der Waals surface area contributed by atoms with Gasteiger partial charge in [0.25, 0.3) is 0 Å². The van der Waals surface area contributed by atoms with Gasteiger partial charge in [0.05, 0.1) is 10.0 Å². The molecule has 20 heavy (non-hydrogen) atoms. The van der Waals surface area contributed by atoms with E-state index in [0.29, 0.717) is 27.7 Å². The van der Waals surface area contributed by atoms with E-state index in [1.54, 1.807) is 12.1 Å². The third-order valence-electron chi connectivity index (χ3n) is 3.76. The highest BCUT2D eigenvalue weighted by molar-refractivity contribution is 6.44. The van der Waals surface area contributed by atoms with Gasteiger partial charge in [-0.2, -0.15) is 0 Å². The minimum Gasteiger partial charge on any atom is -0.309 e. The van der Waals surface area contributed by atoms with E-state index in [2.05, 4.69) is 29.6 Å². The highest BCUT2D eigenvalue weighted by Gasteiger charge is 2.21. The van der Waals surface area contributed by atoms with Crippen molar-refractivity contribution in [2.24, 2.45) is 0 Å². The number of benzene rings is 2. The molecule has 104 valence electrons. The van der Waals surface area contributed by atoms with Crippen LogP contribution < -0.4 is 5.32 Å². The normalized spacial score (nSPS) is 14.6. The van der Waals surface area contributed by atoms with Crippen LogP contribution in [0.4, 0.5) is 0 Å². The van der Waals surface area contributed by atoms with E-state index >= 15 is 0 Å². The van der Waals surface area contributed by atoms with Crippen LogP contribution in [0.3, 0.4) is 0 Å². The van der Waals surface area contributed by atoms with Gasteiger partial charge in [0, 0.05) is 23.2 Å². The molecule has 1 aliphatic rings. The molecule has 2 aromatic carbocycles. The summed E-state index contributed by atoms with van der Waals surface area (Å²) in [6.07, 6.45) is 2.10. The second-order valence-corrected chi connectivity index (χ2v) is 6.27. The lowest BCUT2D eigenvalue weighted by atomic mass is 10.1. The predicted octanol–water partition coefficient (Wildman–Crippen LogP) is 4.90. The molecule has 0 fully saturated rings. The van der Waals surface area contributed by atoms with Gasteiger partial charge in [-0.25, -0.2) is 0 Å². The maximum absolute atomic E-state index is 6.22. The van der Waals surface area contributed by atoms with Crippen molar-refractivity contribution in [3.63, 3.8) is 0 Å². The summed E-state index contributed by atoms with van der Waals surface area (Å²) in [5.41, 5.74) is 3.72. The molecule has 0 aromatic heterocycles. The zero-order chi connectivity index (χ0) is 14.1. The van der Waals surface area contributed by atoms with E-state index in [0.717, 1.165) is 18.4 Å². The number of hydrogen-bond acceptors (Lipinski definition) is 1. The molecular weight excluding hydrogens is 313 g/mol. The third-order valence-corrected chi connectivity index (χ3v) is 4.95. The first-order valence-electron chi connectivity index (χ1n) is 6.57. The monoisotopic (exact) mass is 325 g/mol. The molecule has 1 aliphatic carbocycles. The first-order chi connectivity index (χ1) is 9.65. The summed E-state index contributed by atoms with van der Waals surface area (Å²) >= 11 is 18.4. The Labute approximate surface area is 133 Å². The van der Waals surface area contributed by atoms with Crippen molar-refractivity contribution in [3.05, 3.63) is 68.2 Å². The molecule has 1 nitrogen and oxygen atoms in total. The van der Waals surface area contributed by atoms with Crippen molar-refractivity contribution >= 4 is 34.8 Å². The van der Waals surface area contributed by atoms with Crippen LogP contribution >= 0.6 is 34.8 Å². The van der Waals surface area contributed by atoms with Crippen LogP contribution in [0.1, 0.15) is 16.7 Å². The van der Waals surface area contributed by atoms with E-state index in [4.69, 9.17) is 34.8 Å². The third kappa shape index (κ3) is 2.82. The maximum Gasteiger partial charge on any atom is 0.0652 e. The smallest absolute Gasteiger partial charge is 0.0652 e. The first kappa shape index (κ1) is 14.2. The van der Waals surface area contributed by atoms with Crippen LogP contribution in [0.15, 0.2) is 36.4 Å². The van der Waals surface area contributed by atoms with Crippen molar-refractivity contribution in [2.75, 3.05) is 0 Å². The van der Waals surface area contributed by atoms with Crippen molar-refractivity contribution in [3.8, 4) is 0 Å². The van der Waals surface area contributed by atoms with E-state index in [9.17, 15) is 0 Å². The van der Waals surface area contributed by atoms with Crippen molar-refractivity contribution in [1.29, 1.82) is 0 Å². The van der Waals surface area contributed by atoms with Crippen molar-refractivity contribution in [2.45, 2.75) is 25.4 Å². The Kier molecular flexibility index (Phi) is 4.23. The van der Waals surface area contributed by atoms with Gasteiger partial charge in [0.2, 0.25) is 0 Å². The van der Waals surface area contributed by atoms with Crippen LogP contribution in [-0.4, -0.2) is 6.04 Å². The summed E-state index contributed by atoms with van der Waals surface area (Å²) in [7, 11) is 0. The fourth-order valence-electron chi connectivity index (χ4n) is 2.68. The average Bonchev–Trinajstić information content (AvgIpc) is 2.86. The number of halogens is 3. The van der Waals surface area contributed by atoms with Gasteiger partial charge in [0.15, 0.2) is 0 Å². The Hall–Kier alpha value is -0.730.